The molecule has 1 aliphatic rings. The van der Waals surface area contributed by atoms with Crippen LogP contribution in [0.15, 0.2) is 30.3 Å². The molecule has 0 spiro atoms. The summed E-state index contributed by atoms with van der Waals surface area (Å²) in [6.45, 7) is 8.99. The largest absolute Gasteiger partial charge is 0.508 e. The number of nitrogens with zero attached hydrogens (tertiary/aromatic N) is 3. The maximum Gasteiger partial charge on any atom is 0.252 e. The summed E-state index contributed by atoms with van der Waals surface area (Å²) in [5.41, 5.74) is 3.27. The normalized spacial score (nSPS) is 13.8. The number of carbonyl (C=O) groups is 2. The van der Waals surface area contributed by atoms with Crippen molar-refractivity contribution in [1.29, 1.82) is 0 Å². The lowest BCUT2D eigenvalue weighted by Gasteiger charge is -2.20. The molecule has 8 heteroatoms. The lowest BCUT2D eigenvalue weighted by molar-refractivity contribution is 0.0952. The highest BCUT2D eigenvalue weighted by Gasteiger charge is 2.30. The first kappa shape index (κ1) is 22.8. The SMILES string of the molecule is Cc1nn(C(C)(C)C)c2nc(C3CC3)cc(C(=O)NCCCNC(=O)c3cccc(O)c3)c12. The van der Waals surface area contributed by atoms with E-state index in [0.717, 1.165) is 35.3 Å². The van der Waals surface area contributed by atoms with Crippen molar-refractivity contribution in [3.63, 3.8) is 0 Å². The number of aromatic hydroxyl groups is 1. The third kappa shape index (κ3) is 4.99. The highest BCUT2D eigenvalue weighted by Crippen LogP contribution is 2.41. The van der Waals surface area contributed by atoms with Gasteiger partial charge >= 0.3 is 0 Å². The quantitative estimate of drug-likeness (QED) is 0.477. The number of benzene rings is 1. The van der Waals surface area contributed by atoms with Crippen molar-refractivity contribution in [3.8, 4) is 5.75 Å². The molecule has 1 saturated carbocycles. The van der Waals surface area contributed by atoms with E-state index in [4.69, 9.17) is 10.1 Å². The van der Waals surface area contributed by atoms with Crippen LogP contribution in [0.25, 0.3) is 11.0 Å². The predicted molar refractivity (Wildman–Crippen MR) is 127 cm³/mol. The van der Waals surface area contributed by atoms with Crippen LogP contribution in [-0.4, -0.2) is 44.8 Å². The maximum absolute atomic E-state index is 13.1. The van der Waals surface area contributed by atoms with E-state index in [9.17, 15) is 14.7 Å². The Kier molecular flexibility index (Phi) is 6.10. The van der Waals surface area contributed by atoms with Crippen molar-refractivity contribution in [2.24, 2.45) is 0 Å². The zero-order valence-corrected chi connectivity index (χ0v) is 19.6. The van der Waals surface area contributed by atoms with Crippen LogP contribution >= 0.6 is 0 Å². The summed E-state index contributed by atoms with van der Waals surface area (Å²) in [4.78, 5) is 30.2. The Balaban J connectivity index is 1.43. The van der Waals surface area contributed by atoms with Gasteiger partial charge < -0.3 is 15.7 Å². The first-order chi connectivity index (χ1) is 15.6. The van der Waals surface area contributed by atoms with Gasteiger partial charge in [0.05, 0.1) is 22.2 Å². The van der Waals surface area contributed by atoms with E-state index >= 15 is 0 Å². The molecule has 0 saturated heterocycles. The number of hydrogen-bond donors (Lipinski definition) is 3. The van der Waals surface area contributed by atoms with Gasteiger partial charge in [-0.05, 0) is 71.2 Å². The number of fused-ring (bicyclic) bond motifs is 1. The molecule has 2 amide bonds. The number of aryl methyl sites for hydroxylation is 1. The molecule has 33 heavy (non-hydrogen) atoms. The molecule has 2 aromatic heterocycles. The zero-order valence-electron chi connectivity index (χ0n) is 19.6. The smallest absolute Gasteiger partial charge is 0.252 e. The Labute approximate surface area is 193 Å². The monoisotopic (exact) mass is 449 g/mol. The minimum atomic E-state index is -0.257. The van der Waals surface area contributed by atoms with E-state index in [0.29, 0.717) is 36.6 Å². The van der Waals surface area contributed by atoms with Gasteiger partial charge in [0, 0.05) is 30.3 Å². The second-order valence-electron chi connectivity index (χ2n) is 9.65. The highest BCUT2D eigenvalue weighted by molar-refractivity contribution is 6.06. The minimum Gasteiger partial charge on any atom is -0.508 e. The average Bonchev–Trinajstić information content (AvgIpc) is 3.55. The lowest BCUT2D eigenvalue weighted by Crippen LogP contribution is -2.30. The third-order valence-corrected chi connectivity index (χ3v) is 5.74. The van der Waals surface area contributed by atoms with Gasteiger partial charge in [-0.25, -0.2) is 9.67 Å². The van der Waals surface area contributed by atoms with Crippen LogP contribution in [0.3, 0.4) is 0 Å². The molecule has 1 aromatic carbocycles. The van der Waals surface area contributed by atoms with Crippen molar-refractivity contribution >= 4 is 22.8 Å². The van der Waals surface area contributed by atoms with Crippen LogP contribution in [0.1, 0.15) is 78.1 Å². The molecular weight excluding hydrogens is 418 g/mol. The molecule has 8 nitrogen and oxygen atoms in total. The lowest BCUT2D eigenvalue weighted by atomic mass is 10.1. The molecule has 0 bridgehead atoms. The molecule has 2 heterocycles. The second-order valence-corrected chi connectivity index (χ2v) is 9.65. The van der Waals surface area contributed by atoms with Gasteiger partial charge in [0.15, 0.2) is 5.65 Å². The summed E-state index contributed by atoms with van der Waals surface area (Å²) in [6, 6.07) is 8.12. The summed E-state index contributed by atoms with van der Waals surface area (Å²) < 4.78 is 1.91. The fourth-order valence-electron chi connectivity index (χ4n) is 3.88. The highest BCUT2D eigenvalue weighted by atomic mass is 16.3. The topological polar surface area (TPSA) is 109 Å². The van der Waals surface area contributed by atoms with Gasteiger partial charge in [0.1, 0.15) is 5.75 Å². The number of hydrogen-bond acceptors (Lipinski definition) is 5. The zero-order chi connectivity index (χ0) is 23.8. The predicted octanol–water partition coefficient (Wildman–Crippen LogP) is 3.63. The summed E-state index contributed by atoms with van der Waals surface area (Å²) >= 11 is 0. The Morgan fingerprint density at radius 2 is 1.82 bits per heavy atom. The van der Waals surface area contributed by atoms with Crippen LogP contribution in [0.4, 0.5) is 0 Å². The summed E-state index contributed by atoms with van der Waals surface area (Å²) in [7, 11) is 0. The number of amides is 2. The molecule has 3 aromatic rings. The fraction of sp³-hybridized carbons (Fsp3) is 0.440. The molecule has 1 fully saturated rings. The first-order valence-electron chi connectivity index (χ1n) is 11.4. The van der Waals surface area contributed by atoms with Crippen LogP contribution in [0, 0.1) is 6.92 Å². The Morgan fingerprint density at radius 1 is 1.12 bits per heavy atom. The fourth-order valence-corrected chi connectivity index (χ4v) is 3.88. The third-order valence-electron chi connectivity index (χ3n) is 5.74. The number of phenolic OH excluding ortho intramolecular Hbond substituents is 1. The Bertz CT molecular complexity index is 1200. The number of pyridine rings is 1. The maximum atomic E-state index is 13.1. The molecule has 3 N–H and O–H groups in total. The molecule has 0 aliphatic heterocycles. The van der Waals surface area contributed by atoms with Gasteiger partial charge in [-0.15, -0.1) is 0 Å². The van der Waals surface area contributed by atoms with E-state index in [2.05, 4.69) is 31.4 Å². The van der Waals surface area contributed by atoms with Crippen molar-refractivity contribution in [3.05, 3.63) is 52.8 Å². The number of rotatable bonds is 7. The van der Waals surface area contributed by atoms with Gasteiger partial charge in [0.2, 0.25) is 0 Å². The van der Waals surface area contributed by atoms with Gasteiger partial charge in [-0.2, -0.15) is 5.10 Å². The molecule has 0 unspecified atom stereocenters. The van der Waals surface area contributed by atoms with E-state index in [1.54, 1.807) is 12.1 Å². The minimum absolute atomic E-state index is 0.0502. The molecule has 174 valence electrons. The van der Waals surface area contributed by atoms with Crippen molar-refractivity contribution in [2.75, 3.05) is 13.1 Å². The van der Waals surface area contributed by atoms with Crippen LogP contribution in [0.5, 0.6) is 5.75 Å². The van der Waals surface area contributed by atoms with E-state index in [1.807, 2.05) is 17.7 Å². The van der Waals surface area contributed by atoms with Crippen molar-refractivity contribution in [1.82, 2.24) is 25.4 Å². The molecule has 0 atom stereocenters. The molecule has 1 aliphatic carbocycles. The number of aromatic nitrogens is 3. The second kappa shape index (κ2) is 8.84. The first-order valence-corrected chi connectivity index (χ1v) is 11.4. The van der Waals surface area contributed by atoms with Crippen molar-refractivity contribution < 1.29 is 14.7 Å². The van der Waals surface area contributed by atoms with Crippen LogP contribution < -0.4 is 10.6 Å². The number of carbonyl (C=O) groups excluding carboxylic acids is 2. The van der Waals surface area contributed by atoms with E-state index in [1.165, 1.54) is 12.1 Å². The standard InChI is InChI=1S/C25H31N5O3/c1-15-21-19(14-20(16-9-10-16)28-22(21)30(29-15)25(2,3)4)24(33)27-12-6-11-26-23(32)17-7-5-8-18(31)13-17/h5,7-8,13-14,16,31H,6,9-12H2,1-4H3,(H,26,32)(H,27,33). The van der Waals surface area contributed by atoms with Crippen LogP contribution in [0.2, 0.25) is 0 Å². The summed E-state index contributed by atoms with van der Waals surface area (Å²) in [5.74, 6) is 0.0546. The van der Waals surface area contributed by atoms with Crippen molar-refractivity contribution in [2.45, 2.75) is 58.4 Å². The van der Waals surface area contributed by atoms with Gasteiger partial charge in [-0.3, -0.25) is 9.59 Å². The average molecular weight is 450 g/mol. The van der Waals surface area contributed by atoms with Gasteiger partial charge in [-0.1, -0.05) is 6.07 Å². The number of nitrogens with one attached hydrogen (secondary N) is 2. The Morgan fingerprint density at radius 3 is 2.45 bits per heavy atom. The molecule has 0 radical (unpaired) electrons. The Hall–Kier alpha value is -3.42. The van der Waals surface area contributed by atoms with E-state index < -0.39 is 0 Å². The van der Waals surface area contributed by atoms with Gasteiger partial charge in [0.25, 0.3) is 11.8 Å². The summed E-state index contributed by atoms with van der Waals surface area (Å²) in [6.07, 6.45) is 2.78. The molecule has 4 rings (SSSR count). The number of phenols is 1. The van der Waals surface area contributed by atoms with Crippen LogP contribution in [-0.2, 0) is 5.54 Å². The van der Waals surface area contributed by atoms with E-state index in [-0.39, 0.29) is 23.1 Å². The summed E-state index contributed by atoms with van der Waals surface area (Å²) in [5, 5.41) is 20.8. The molecular formula is C25H31N5O3.